The van der Waals surface area contributed by atoms with Crippen LogP contribution in [0.1, 0.15) is 72.6 Å². The SMILES string of the molecule is CC=CCC(C)(CCCCCCC)C(=O)OCC. The molecule has 0 saturated heterocycles. The fourth-order valence-electron chi connectivity index (χ4n) is 2.09. The normalized spacial score (nSPS) is 14.7. The number of ether oxygens (including phenoxy) is 1. The summed E-state index contributed by atoms with van der Waals surface area (Å²) in [5.41, 5.74) is -0.339. The van der Waals surface area contributed by atoms with Crippen molar-refractivity contribution in [1.29, 1.82) is 0 Å². The van der Waals surface area contributed by atoms with Gasteiger partial charge in [-0.3, -0.25) is 4.79 Å². The fraction of sp³-hybridized carbons (Fsp3) is 0.812. The second-order valence-electron chi connectivity index (χ2n) is 5.22. The lowest BCUT2D eigenvalue weighted by molar-refractivity contribution is -0.154. The second-order valence-corrected chi connectivity index (χ2v) is 5.22. The van der Waals surface area contributed by atoms with Gasteiger partial charge in [0.1, 0.15) is 0 Å². The van der Waals surface area contributed by atoms with Crippen molar-refractivity contribution in [2.24, 2.45) is 5.41 Å². The molecule has 2 nitrogen and oxygen atoms in total. The van der Waals surface area contributed by atoms with Crippen LogP contribution in [0.3, 0.4) is 0 Å². The Hall–Kier alpha value is -0.790. The van der Waals surface area contributed by atoms with Gasteiger partial charge in [0.05, 0.1) is 12.0 Å². The molecule has 0 aromatic rings. The molecule has 106 valence electrons. The van der Waals surface area contributed by atoms with Gasteiger partial charge in [0.2, 0.25) is 0 Å². The van der Waals surface area contributed by atoms with E-state index < -0.39 is 0 Å². The summed E-state index contributed by atoms with van der Waals surface area (Å²) in [6.07, 6.45) is 12.0. The first-order chi connectivity index (χ1) is 8.60. The number of hydrogen-bond donors (Lipinski definition) is 0. The molecule has 0 aromatic heterocycles. The van der Waals surface area contributed by atoms with Gasteiger partial charge in [-0.2, -0.15) is 0 Å². The van der Waals surface area contributed by atoms with Gasteiger partial charge in [-0.1, -0.05) is 51.2 Å². The van der Waals surface area contributed by atoms with Gasteiger partial charge >= 0.3 is 5.97 Å². The lowest BCUT2D eigenvalue weighted by Gasteiger charge is -2.26. The van der Waals surface area contributed by atoms with Crippen molar-refractivity contribution in [3.05, 3.63) is 12.2 Å². The molecule has 0 radical (unpaired) electrons. The van der Waals surface area contributed by atoms with Crippen LogP contribution >= 0.6 is 0 Å². The predicted molar refractivity (Wildman–Crippen MR) is 77.5 cm³/mol. The third kappa shape index (κ3) is 6.83. The zero-order valence-corrected chi connectivity index (χ0v) is 12.6. The molecule has 0 fully saturated rings. The Bertz CT molecular complexity index is 245. The molecule has 0 aromatic carbocycles. The van der Waals surface area contributed by atoms with Crippen LogP contribution in [0.4, 0.5) is 0 Å². The van der Waals surface area contributed by atoms with Gasteiger partial charge in [0, 0.05) is 0 Å². The molecule has 1 atom stereocenters. The predicted octanol–water partition coefficient (Wildman–Crippen LogP) is 4.88. The molecular weight excluding hydrogens is 224 g/mol. The van der Waals surface area contributed by atoms with Crippen LogP contribution < -0.4 is 0 Å². The quantitative estimate of drug-likeness (QED) is 0.315. The molecule has 0 aliphatic heterocycles. The summed E-state index contributed by atoms with van der Waals surface area (Å²) < 4.78 is 5.21. The van der Waals surface area contributed by atoms with Crippen molar-refractivity contribution >= 4 is 5.97 Å². The monoisotopic (exact) mass is 254 g/mol. The molecule has 0 aliphatic rings. The smallest absolute Gasteiger partial charge is 0.312 e. The van der Waals surface area contributed by atoms with Crippen LogP contribution in [0.25, 0.3) is 0 Å². The maximum Gasteiger partial charge on any atom is 0.312 e. The van der Waals surface area contributed by atoms with Crippen LogP contribution in [0.5, 0.6) is 0 Å². The van der Waals surface area contributed by atoms with E-state index >= 15 is 0 Å². The third-order valence-corrected chi connectivity index (χ3v) is 3.40. The average molecular weight is 254 g/mol. The van der Waals surface area contributed by atoms with Gasteiger partial charge < -0.3 is 4.74 Å². The Balaban J connectivity index is 4.24. The Kier molecular flexibility index (Phi) is 9.72. The van der Waals surface area contributed by atoms with E-state index in [1.807, 2.05) is 26.8 Å². The van der Waals surface area contributed by atoms with Crippen LogP contribution in [0, 0.1) is 5.41 Å². The highest BCUT2D eigenvalue weighted by molar-refractivity contribution is 5.76. The van der Waals surface area contributed by atoms with E-state index in [4.69, 9.17) is 4.74 Å². The first-order valence-electron chi connectivity index (χ1n) is 7.39. The summed E-state index contributed by atoms with van der Waals surface area (Å²) in [4.78, 5) is 12.0. The number of rotatable bonds is 10. The van der Waals surface area contributed by atoms with Crippen LogP contribution in [-0.4, -0.2) is 12.6 Å². The van der Waals surface area contributed by atoms with E-state index in [0.29, 0.717) is 6.61 Å². The number of allylic oxidation sites excluding steroid dienone is 2. The zero-order valence-electron chi connectivity index (χ0n) is 12.6. The van der Waals surface area contributed by atoms with Crippen molar-refractivity contribution in [2.45, 2.75) is 72.6 Å². The summed E-state index contributed by atoms with van der Waals surface area (Å²) in [5, 5.41) is 0. The molecule has 1 unspecified atom stereocenters. The summed E-state index contributed by atoms with van der Waals surface area (Å²) in [7, 11) is 0. The zero-order chi connectivity index (χ0) is 13.9. The Morgan fingerprint density at radius 1 is 1.17 bits per heavy atom. The Labute approximate surface area is 113 Å². The molecule has 0 N–H and O–H groups in total. The van der Waals surface area contributed by atoms with Crippen molar-refractivity contribution in [2.75, 3.05) is 6.61 Å². The van der Waals surface area contributed by atoms with Crippen LogP contribution in [0.2, 0.25) is 0 Å². The topological polar surface area (TPSA) is 26.3 Å². The largest absolute Gasteiger partial charge is 0.466 e. The van der Waals surface area contributed by atoms with E-state index in [9.17, 15) is 4.79 Å². The van der Waals surface area contributed by atoms with Gasteiger partial charge in [-0.25, -0.2) is 0 Å². The number of esters is 1. The van der Waals surface area contributed by atoms with E-state index in [0.717, 1.165) is 19.3 Å². The van der Waals surface area contributed by atoms with E-state index in [-0.39, 0.29) is 11.4 Å². The molecule has 0 spiro atoms. The molecule has 0 rings (SSSR count). The minimum absolute atomic E-state index is 0.0430. The lowest BCUT2D eigenvalue weighted by atomic mass is 9.81. The molecule has 0 bridgehead atoms. The molecule has 0 aliphatic carbocycles. The van der Waals surface area contributed by atoms with E-state index in [1.54, 1.807) is 0 Å². The average Bonchev–Trinajstić information content (AvgIpc) is 2.36. The minimum Gasteiger partial charge on any atom is -0.466 e. The fourth-order valence-corrected chi connectivity index (χ4v) is 2.09. The lowest BCUT2D eigenvalue weighted by Crippen LogP contribution is -2.29. The van der Waals surface area contributed by atoms with Gasteiger partial charge in [0.25, 0.3) is 0 Å². The first-order valence-corrected chi connectivity index (χ1v) is 7.39. The molecule has 2 heteroatoms. The van der Waals surface area contributed by atoms with Crippen molar-refractivity contribution < 1.29 is 9.53 Å². The van der Waals surface area contributed by atoms with E-state index in [1.165, 1.54) is 25.7 Å². The standard InChI is InChI=1S/C16H30O2/c1-5-8-10-11-12-14-16(4,13-9-6-2)15(17)18-7-3/h6,9H,5,7-8,10-14H2,1-4H3. The summed E-state index contributed by atoms with van der Waals surface area (Å²) in [5.74, 6) is -0.0430. The highest BCUT2D eigenvalue weighted by atomic mass is 16.5. The van der Waals surface area contributed by atoms with E-state index in [2.05, 4.69) is 13.0 Å². The molecule has 0 amide bonds. The van der Waals surface area contributed by atoms with Crippen molar-refractivity contribution in [3.8, 4) is 0 Å². The van der Waals surface area contributed by atoms with Crippen LogP contribution in [-0.2, 0) is 9.53 Å². The number of hydrogen-bond acceptors (Lipinski definition) is 2. The number of carbonyl (C=O) groups excluding carboxylic acids is 1. The summed E-state index contributed by atoms with van der Waals surface area (Å²) in [6.45, 7) is 8.59. The molecule has 0 saturated carbocycles. The Morgan fingerprint density at radius 3 is 2.39 bits per heavy atom. The van der Waals surface area contributed by atoms with Gasteiger partial charge in [-0.05, 0) is 33.6 Å². The first kappa shape index (κ1) is 17.2. The van der Waals surface area contributed by atoms with Gasteiger partial charge in [0.15, 0.2) is 0 Å². The maximum absolute atomic E-state index is 12.0. The van der Waals surface area contributed by atoms with Crippen LogP contribution in [0.15, 0.2) is 12.2 Å². The highest BCUT2D eigenvalue weighted by Gasteiger charge is 2.32. The number of carbonyl (C=O) groups is 1. The Morgan fingerprint density at radius 2 is 1.83 bits per heavy atom. The van der Waals surface area contributed by atoms with Gasteiger partial charge in [-0.15, -0.1) is 0 Å². The molecular formula is C16H30O2. The highest BCUT2D eigenvalue weighted by Crippen LogP contribution is 2.31. The van der Waals surface area contributed by atoms with Crippen molar-refractivity contribution in [3.63, 3.8) is 0 Å². The molecule has 18 heavy (non-hydrogen) atoms. The minimum atomic E-state index is -0.339. The molecule has 0 heterocycles. The second kappa shape index (κ2) is 10.2. The van der Waals surface area contributed by atoms with Crippen molar-refractivity contribution in [1.82, 2.24) is 0 Å². The maximum atomic E-state index is 12.0. The summed E-state index contributed by atoms with van der Waals surface area (Å²) >= 11 is 0. The number of unbranched alkanes of at least 4 members (excludes halogenated alkanes) is 4. The summed E-state index contributed by atoms with van der Waals surface area (Å²) in [6, 6.07) is 0. The third-order valence-electron chi connectivity index (χ3n) is 3.40.